The molecule has 1 aromatic rings. The van der Waals surface area contributed by atoms with Crippen LogP contribution >= 0.6 is 7.92 Å². The minimum atomic E-state index is -0.00200. The maximum Gasteiger partial charge on any atom is 0.142 e. The number of benzene rings is 1. The summed E-state index contributed by atoms with van der Waals surface area (Å²) in [6.45, 7) is 2.56. The fraction of sp³-hybridized carbons (Fsp3) is 0.571. The van der Waals surface area contributed by atoms with Gasteiger partial charge in [-0.05, 0) is 42.6 Å². The number of methoxy groups -OCH3 is 1. The zero-order valence-electron chi connectivity index (χ0n) is 10.9. The van der Waals surface area contributed by atoms with Gasteiger partial charge in [0, 0.05) is 19.1 Å². The summed E-state index contributed by atoms with van der Waals surface area (Å²) in [6.07, 6.45) is 5.51. The van der Waals surface area contributed by atoms with Gasteiger partial charge in [-0.15, -0.1) is 0 Å². The Labute approximate surface area is 110 Å². The smallest absolute Gasteiger partial charge is 0.142 e. The molecule has 1 aromatic carbocycles. The van der Waals surface area contributed by atoms with Crippen LogP contribution in [0.4, 0.5) is 5.69 Å². The summed E-state index contributed by atoms with van der Waals surface area (Å²) in [7, 11) is 1.69. The van der Waals surface area contributed by atoms with Crippen molar-refractivity contribution in [3.05, 3.63) is 18.2 Å². The van der Waals surface area contributed by atoms with Gasteiger partial charge >= 0.3 is 0 Å². The molecule has 3 nitrogen and oxygen atoms in total. The van der Waals surface area contributed by atoms with Gasteiger partial charge in [0.25, 0.3) is 0 Å². The molecule has 0 aromatic heterocycles. The lowest BCUT2D eigenvalue weighted by atomic mass is 10.3. The van der Waals surface area contributed by atoms with Gasteiger partial charge in [0.15, 0.2) is 0 Å². The highest BCUT2D eigenvalue weighted by atomic mass is 31.1. The molecule has 2 N–H and O–H groups in total. The summed E-state index contributed by atoms with van der Waals surface area (Å²) in [5, 5.41) is 1.45. The fourth-order valence-electron chi connectivity index (χ4n) is 2.68. The average molecular weight is 264 g/mol. The Balaban J connectivity index is 1.67. The standard InChI is InChI=1S/C14H21N2OP/c1-17-14-10-12(4-5-13(14)15)18-8-6-16(7-9-18)11-2-3-11/h4-5,10-11H,2-3,6-9,15H2,1H3. The lowest BCUT2D eigenvalue weighted by molar-refractivity contribution is 0.290. The number of anilines is 1. The van der Waals surface area contributed by atoms with Crippen molar-refractivity contribution in [2.24, 2.45) is 0 Å². The van der Waals surface area contributed by atoms with E-state index in [2.05, 4.69) is 17.0 Å². The molecule has 1 heterocycles. The molecule has 0 bridgehead atoms. The number of ether oxygens (including phenoxy) is 1. The van der Waals surface area contributed by atoms with Gasteiger partial charge in [0.2, 0.25) is 0 Å². The Morgan fingerprint density at radius 2 is 2.00 bits per heavy atom. The normalized spacial score (nSPS) is 22.1. The maximum atomic E-state index is 5.87. The first-order chi connectivity index (χ1) is 8.78. The lowest BCUT2D eigenvalue weighted by Crippen LogP contribution is -2.37. The summed E-state index contributed by atoms with van der Waals surface area (Å²) >= 11 is 0. The predicted molar refractivity (Wildman–Crippen MR) is 78.3 cm³/mol. The van der Waals surface area contributed by atoms with E-state index < -0.39 is 0 Å². The summed E-state index contributed by atoms with van der Waals surface area (Å²) in [4.78, 5) is 2.67. The van der Waals surface area contributed by atoms with Crippen molar-refractivity contribution >= 4 is 18.9 Å². The number of nitrogens with two attached hydrogens (primary N) is 1. The van der Waals surface area contributed by atoms with Crippen LogP contribution in [-0.4, -0.2) is 43.5 Å². The van der Waals surface area contributed by atoms with Crippen LogP contribution < -0.4 is 15.8 Å². The van der Waals surface area contributed by atoms with Crippen LogP contribution in [0.2, 0.25) is 0 Å². The molecule has 1 saturated heterocycles. The molecule has 3 rings (SSSR count). The topological polar surface area (TPSA) is 38.5 Å². The van der Waals surface area contributed by atoms with Crippen molar-refractivity contribution in [3.63, 3.8) is 0 Å². The second-order valence-corrected chi connectivity index (χ2v) is 7.67. The van der Waals surface area contributed by atoms with Gasteiger partial charge in [-0.2, -0.15) is 0 Å². The lowest BCUT2D eigenvalue weighted by Gasteiger charge is -2.32. The van der Waals surface area contributed by atoms with Gasteiger partial charge in [0.05, 0.1) is 12.8 Å². The maximum absolute atomic E-state index is 5.87. The van der Waals surface area contributed by atoms with E-state index in [1.807, 2.05) is 6.07 Å². The third kappa shape index (κ3) is 2.48. The van der Waals surface area contributed by atoms with Crippen LogP contribution in [-0.2, 0) is 0 Å². The highest BCUT2D eigenvalue weighted by Gasteiger charge is 2.32. The molecule has 0 radical (unpaired) electrons. The van der Waals surface area contributed by atoms with Crippen molar-refractivity contribution in [2.75, 3.05) is 38.3 Å². The highest BCUT2D eigenvalue weighted by molar-refractivity contribution is 7.65. The molecule has 18 heavy (non-hydrogen) atoms. The number of hydrogen-bond acceptors (Lipinski definition) is 3. The largest absolute Gasteiger partial charge is 0.495 e. The molecule has 98 valence electrons. The molecular formula is C14H21N2OP. The van der Waals surface area contributed by atoms with Gasteiger partial charge < -0.3 is 10.5 Å². The molecule has 0 atom stereocenters. The van der Waals surface area contributed by atoms with Crippen molar-refractivity contribution in [2.45, 2.75) is 18.9 Å². The molecule has 0 unspecified atom stereocenters. The van der Waals surface area contributed by atoms with Crippen molar-refractivity contribution < 1.29 is 4.74 Å². The minimum absolute atomic E-state index is 0.00200. The third-order valence-corrected chi connectivity index (χ3v) is 6.45. The Bertz CT molecular complexity index is 426. The van der Waals surface area contributed by atoms with Gasteiger partial charge in [0.1, 0.15) is 5.75 Å². The van der Waals surface area contributed by atoms with E-state index in [-0.39, 0.29) is 7.92 Å². The quantitative estimate of drug-likeness (QED) is 0.669. The number of nitrogens with zero attached hydrogens (tertiary/aromatic N) is 1. The van der Waals surface area contributed by atoms with Crippen LogP contribution in [0, 0.1) is 0 Å². The molecule has 1 aliphatic carbocycles. The third-order valence-electron chi connectivity index (χ3n) is 3.96. The Hall–Kier alpha value is -0.790. The number of hydrogen-bond donors (Lipinski definition) is 1. The average Bonchev–Trinajstić information content (AvgIpc) is 3.24. The van der Waals surface area contributed by atoms with Crippen molar-refractivity contribution in [1.29, 1.82) is 0 Å². The Morgan fingerprint density at radius 3 is 2.61 bits per heavy atom. The van der Waals surface area contributed by atoms with Crippen molar-refractivity contribution in [1.82, 2.24) is 4.90 Å². The number of rotatable bonds is 3. The van der Waals surface area contributed by atoms with E-state index >= 15 is 0 Å². The van der Waals surface area contributed by atoms with E-state index in [1.54, 1.807) is 7.11 Å². The van der Waals surface area contributed by atoms with E-state index in [4.69, 9.17) is 10.5 Å². The van der Waals surface area contributed by atoms with Gasteiger partial charge in [-0.1, -0.05) is 14.0 Å². The molecular weight excluding hydrogens is 243 g/mol. The van der Waals surface area contributed by atoms with E-state index in [1.165, 1.54) is 43.6 Å². The SMILES string of the molecule is COc1cc(P2CCN(C3CC3)CC2)ccc1N. The minimum Gasteiger partial charge on any atom is -0.495 e. The Kier molecular flexibility index (Phi) is 3.45. The summed E-state index contributed by atoms with van der Waals surface area (Å²) in [5.41, 5.74) is 6.62. The van der Waals surface area contributed by atoms with Crippen LogP contribution in [0.3, 0.4) is 0 Å². The molecule has 0 spiro atoms. The first-order valence-electron chi connectivity index (χ1n) is 6.70. The van der Waals surface area contributed by atoms with E-state index in [0.29, 0.717) is 0 Å². The predicted octanol–water partition coefficient (Wildman–Crippen LogP) is 1.86. The van der Waals surface area contributed by atoms with Crippen LogP contribution in [0.15, 0.2) is 18.2 Å². The first kappa shape index (κ1) is 12.3. The molecule has 1 saturated carbocycles. The van der Waals surface area contributed by atoms with Crippen LogP contribution in [0.5, 0.6) is 5.75 Å². The second-order valence-electron chi connectivity index (χ2n) is 5.18. The second kappa shape index (κ2) is 5.07. The molecule has 1 aliphatic heterocycles. The summed E-state index contributed by atoms with van der Waals surface area (Å²) in [5.74, 6) is 0.833. The summed E-state index contributed by atoms with van der Waals surface area (Å²) < 4.78 is 5.32. The highest BCUT2D eigenvalue weighted by Crippen LogP contribution is 2.41. The van der Waals surface area contributed by atoms with E-state index in [0.717, 1.165) is 17.5 Å². The molecule has 2 fully saturated rings. The molecule has 4 heteroatoms. The van der Waals surface area contributed by atoms with Gasteiger partial charge in [-0.25, -0.2) is 0 Å². The zero-order valence-corrected chi connectivity index (χ0v) is 11.8. The van der Waals surface area contributed by atoms with Crippen LogP contribution in [0.25, 0.3) is 0 Å². The summed E-state index contributed by atoms with van der Waals surface area (Å²) in [6, 6.07) is 7.25. The zero-order chi connectivity index (χ0) is 12.5. The fourth-order valence-corrected chi connectivity index (χ4v) is 5.00. The number of nitrogen functional groups attached to an aromatic ring is 1. The first-order valence-corrected chi connectivity index (χ1v) is 8.41. The monoisotopic (exact) mass is 264 g/mol. The molecule has 2 aliphatic rings. The molecule has 0 amide bonds. The van der Waals surface area contributed by atoms with Crippen molar-refractivity contribution in [3.8, 4) is 5.75 Å². The van der Waals surface area contributed by atoms with Gasteiger partial charge in [-0.3, -0.25) is 4.90 Å². The Morgan fingerprint density at radius 1 is 1.28 bits per heavy atom. The van der Waals surface area contributed by atoms with E-state index in [9.17, 15) is 0 Å². The van der Waals surface area contributed by atoms with Crippen LogP contribution in [0.1, 0.15) is 12.8 Å².